The molecule has 0 fully saturated rings. The van der Waals surface area contributed by atoms with Crippen LogP contribution < -0.4 is 10.6 Å². The van der Waals surface area contributed by atoms with E-state index in [9.17, 15) is 9.59 Å². The van der Waals surface area contributed by atoms with E-state index >= 15 is 0 Å². The quantitative estimate of drug-likeness (QED) is 0.834. The van der Waals surface area contributed by atoms with Crippen molar-refractivity contribution in [2.75, 3.05) is 0 Å². The minimum atomic E-state index is -0.319. The smallest absolute Gasteiger partial charge is 0.268 e. The van der Waals surface area contributed by atoms with Crippen molar-refractivity contribution < 1.29 is 9.59 Å². The van der Waals surface area contributed by atoms with Gasteiger partial charge in [-0.1, -0.05) is 60.7 Å². The van der Waals surface area contributed by atoms with Crippen molar-refractivity contribution in [1.82, 2.24) is 10.6 Å². The highest BCUT2D eigenvalue weighted by Gasteiger charge is 2.14. The predicted molar refractivity (Wildman–Crippen MR) is 91.2 cm³/mol. The summed E-state index contributed by atoms with van der Waals surface area (Å²) >= 11 is 0. The molecule has 4 nitrogen and oxygen atoms in total. The molecule has 1 atom stereocenters. The van der Waals surface area contributed by atoms with Crippen LogP contribution in [0.5, 0.6) is 0 Å². The van der Waals surface area contributed by atoms with Gasteiger partial charge in [0.15, 0.2) is 0 Å². The molecule has 2 amide bonds. The number of hydrogen-bond donors (Lipinski definition) is 2. The zero-order valence-electron chi connectivity index (χ0n) is 13.2. The molecule has 23 heavy (non-hydrogen) atoms. The van der Waals surface area contributed by atoms with Crippen molar-refractivity contribution in [2.24, 2.45) is 0 Å². The third-order valence-corrected chi connectivity index (χ3v) is 3.31. The molecular weight excluding hydrogens is 288 g/mol. The molecular formula is C19H20N2O2. The second kappa shape index (κ2) is 7.94. The number of nitrogens with one attached hydrogen (secondary N) is 2. The first kappa shape index (κ1) is 16.5. The monoisotopic (exact) mass is 308 g/mol. The molecule has 0 aliphatic carbocycles. The van der Waals surface area contributed by atoms with Crippen LogP contribution in [0.25, 0.3) is 6.08 Å². The Kier molecular flexibility index (Phi) is 5.69. The third kappa shape index (κ3) is 5.11. The van der Waals surface area contributed by atoms with Gasteiger partial charge in [0.2, 0.25) is 5.91 Å². The maximum Gasteiger partial charge on any atom is 0.268 e. The highest BCUT2D eigenvalue weighted by molar-refractivity contribution is 6.01. The Bertz CT molecular complexity index is 694. The zero-order chi connectivity index (χ0) is 16.7. The number of rotatable bonds is 5. The minimum absolute atomic E-state index is 0.156. The van der Waals surface area contributed by atoms with Crippen molar-refractivity contribution in [3.05, 3.63) is 77.5 Å². The highest BCUT2D eigenvalue weighted by atomic mass is 16.2. The molecule has 0 heterocycles. The number of amides is 2. The summed E-state index contributed by atoms with van der Waals surface area (Å²) in [5.41, 5.74) is 2.08. The van der Waals surface area contributed by atoms with Gasteiger partial charge in [-0.05, 0) is 24.1 Å². The summed E-state index contributed by atoms with van der Waals surface area (Å²) in [6.45, 7) is 3.29. The summed E-state index contributed by atoms with van der Waals surface area (Å²) in [5.74, 6) is -0.602. The molecule has 2 aromatic carbocycles. The van der Waals surface area contributed by atoms with E-state index in [0.717, 1.165) is 11.1 Å². The standard InChI is InChI=1S/C19H20N2O2/c1-14(17-11-7-4-8-12-17)20-19(23)18(21-15(2)22)13-16-9-5-3-6-10-16/h3-14H,1-2H3,(H,20,23)(H,21,22)/b18-13+. The van der Waals surface area contributed by atoms with Gasteiger partial charge >= 0.3 is 0 Å². The second-order valence-corrected chi connectivity index (χ2v) is 5.26. The molecule has 2 aromatic rings. The summed E-state index contributed by atoms with van der Waals surface area (Å²) < 4.78 is 0. The van der Waals surface area contributed by atoms with E-state index in [4.69, 9.17) is 0 Å². The Labute approximate surface area is 136 Å². The molecule has 2 rings (SSSR count). The highest BCUT2D eigenvalue weighted by Crippen LogP contribution is 2.12. The summed E-state index contributed by atoms with van der Waals surface area (Å²) in [6, 6.07) is 18.9. The van der Waals surface area contributed by atoms with Gasteiger partial charge in [-0.15, -0.1) is 0 Å². The SMILES string of the molecule is CC(=O)N/C(=C/c1ccccc1)C(=O)NC(C)c1ccccc1. The first-order valence-electron chi connectivity index (χ1n) is 7.46. The Morgan fingerprint density at radius 2 is 1.52 bits per heavy atom. The Balaban J connectivity index is 2.17. The first-order chi connectivity index (χ1) is 11.1. The lowest BCUT2D eigenvalue weighted by Crippen LogP contribution is -2.35. The van der Waals surface area contributed by atoms with Crippen molar-refractivity contribution in [3.8, 4) is 0 Å². The summed E-state index contributed by atoms with van der Waals surface area (Å²) in [7, 11) is 0. The maximum absolute atomic E-state index is 12.5. The largest absolute Gasteiger partial charge is 0.344 e. The molecule has 118 valence electrons. The van der Waals surface area contributed by atoms with Crippen LogP contribution in [0.15, 0.2) is 66.4 Å². The van der Waals surface area contributed by atoms with E-state index < -0.39 is 0 Å². The average Bonchev–Trinajstić information content (AvgIpc) is 2.55. The lowest BCUT2D eigenvalue weighted by atomic mass is 10.1. The fourth-order valence-corrected chi connectivity index (χ4v) is 2.16. The van der Waals surface area contributed by atoms with Crippen LogP contribution >= 0.6 is 0 Å². The molecule has 0 radical (unpaired) electrons. The van der Waals surface area contributed by atoms with Crippen LogP contribution in [0.2, 0.25) is 0 Å². The van der Waals surface area contributed by atoms with E-state index in [2.05, 4.69) is 10.6 Å². The predicted octanol–water partition coefficient (Wildman–Crippen LogP) is 3.04. The van der Waals surface area contributed by atoms with Gasteiger partial charge in [-0.25, -0.2) is 0 Å². The Morgan fingerprint density at radius 3 is 2.09 bits per heavy atom. The summed E-state index contributed by atoms with van der Waals surface area (Å²) in [4.78, 5) is 23.8. The van der Waals surface area contributed by atoms with Gasteiger partial charge in [0.05, 0.1) is 6.04 Å². The van der Waals surface area contributed by atoms with Crippen molar-refractivity contribution in [3.63, 3.8) is 0 Å². The molecule has 4 heteroatoms. The van der Waals surface area contributed by atoms with Crippen LogP contribution in [0, 0.1) is 0 Å². The number of carbonyl (C=O) groups excluding carboxylic acids is 2. The van der Waals surface area contributed by atoms with Gasteiger partial charge in [-0.2, -0.15) is 0 Å². The Hall–Kier alpha value is -2.88. The van der Waals surface area contributed by atoms with Crippen molar-refractivity contribution >= 4 is 17.9 Å². The van der Waals surface area contributed by atoms with Crippen LogP contribution in [-0.2, 0) is 9.59 Å². The normalized spacial score (nSPS) is 12.3. The topological polar surface area (TPSA) is 58.2 Å². The third-order valence-electron chi connectivity index (χ3n) is 3.31. The van der Waals surface area contributed by atoms with Gasteiger partial charge < -0.3 is 10.6 Å². The first-order valence-corrected chi connectivity index (χ1v) is 7.46. The lowest BCUT2D eigenvalue weighted by Gasteiger charge is -2.16. The average molecular weight is 308 g/mol. The van der Waals surface area contributed by atoms with E-state index in [1.807, 2.05) is 67.6 Å². The van der Waals surface area contributed by atoms with Crippen LogP contribution in [0.4, 0.5) is 0 Å². The van der Waals surface area contributed by atoms with E-state index in [1.54, 1.807) is 6.08 Å². The summed E-state index contributed by atoms with van der Waals surface area (Å²) in [6.07, 6.45) is 1.66. The van der Waals surface area contributed by atoms with Crippen molar-refractivity contribution in [2.45, 2.75) is 19.9 Å². The number of hydrogen-bond acceptors (Lipinski definition) is 2. The molecule has 0 aliphatic heterocycles. The lowest BCUT2D eigenvalue weighted by molar-refractivity contribution is -0.122. The van der Waals surface area contributed by atoms with Gasteiger partial charge in [0.1, 0.15) is 5.70 Å². The van der Waals surface area contributed by atoms with E-state index in [0.29, 0.717) is 0 Å². The molecule has 2 N–H and O–H groups in total. The fraction of sp³-hybridized carbons (Fsp3) is 0.158. The molecule has 0 spiro atoms. The van der Waals surface area contributed by atoms with Crippen LogP contribution in [-0.4, -0.2) is 11.8 Å². The van der Waals surface area contributed by atoms with Gasteiger partial charge in [0.25, 0.3) is 5.91 Å². The molecule has 0 bridgehead atoms. The van der Waals surface area contributed by atoms with Gasteiger partial charge in [0, 0.05) is 6.92 Å². The zero-order valence-corrected chi connectivity index (χ0v) is 13.2. The number of carbonyl (C=O) groups is 2. The number of benzene rings is 2. The maximum atomic E-state index is 12.5. The van der Waals surface area contributed by atoms with Gasteiger partial charge in [-0.3, -0.25) is 9.59 Å². The minimum Gasteiger partial charge on any atom is -0.344 e. The van der Waals surface area contributed by atoms with E-state index in [-0.39, 0.29) is 23.6 Å². The molecule has 0 saturated carbocycles. The van der Waals surface area contributed by atoms with E-state index in [1.165, 1.54) is 6.92 Å². The van der Waals surface area contributed by atoms with Crippen LogP contribution in [0.3, 0.4) is 0 Å². The molecule has 0 aromatic heterocycles. The Morgan fingerprint density at radius 1 is 0.957 bits per heavy atom. The van der Waals surface area contributed by atoms with Crippen molar-refractivity contribution in [1.29, 1.82) is 0 Å². The molecule has 1 unspecified atom stereocenters. The fourth-order valence-electron chi connectivity index (χ4n) is 2.16. The molecule has 0 saturated heterocycles. The second-order valence-electron chi connectivity index (χ2n) is 5.26. The molecule has 0 aliphatic rings. The summed E-state index contributed by atoms with van der Waals surface area (Å²) in [5, 5.41) is 5.50. The van der Waals surface area contributed by atoms with Crippen LogP contribution in [0.1, 0.15) is 31.0 Å².